The first kappa shape index (κ1) is 9.58. The van der Waals surface area contributed by atoms with Gasteiger partial charge >= 0.3 is 0 Å². The van der Waals surface area contributed by atoms with Crippen LogP contribution in [-0.2, 0) is 0 Å². The molecule has 4 heteroatoms. The number of rotatable bonds is 1. The first-order chi connectivity index (χ1) is 7.18. The molecule has 0 spiro atoms. The highest BCUT2D eigenvalue weighted by Gasteiger charge is 2.07. The Hall–Kier alpha value is -1.97. The molecular formula is C11H10FN3. The molecule has 0 saturated carbocycles. The second-order valence-electron chi connectivity index (χ2n) is 3.25. The number of anilines is 1. The van der Waals surface area contributed by atoms with Gasteiger partial charge in [0, 0.05) is 6.20 Å². The van der Waals surface area contributed by atoms with Gasteiger partial charge in [-0.25, -0.2) is 4.39 Å². The van der Waals surface area contributed by atoms with Gasteiger partial charge in [-0.1, -0.05) is 0 Å². The lowest BCUT2D eigenvalue weighted by Crippen LogP contribution is -1.97. The fourth-order valence-electron chi connectivity index (χ4n) is 1.29. The molecule has 0 aliphatic rings. The molecule has 0 aliphatic carbocycles. The molecule has 0 bridgehead atoms. The van der Waals surface area contributed by atoms with Crippen molar-refractivity contribution < 1.29 is 4.39 Å². The number of aryl methyl sites for hydroxylation is 1. The zero-order chi connectivity index (χ0) is 10.8. The van der Waals surface area contributed by atoms with Crippen LogP contribution in [0.3, 0.4) is 0 Å². The maximum absolute atomic E-state index is 12.7. The van der Waals surface area contributed by atoms with Crippen LogP contribution in [0, 0.1) is 12.7 Å². The molecule has 15 heavy (non-hydrogen) atoms. The molecule has 0 unspecified atom stereocenters. The van der Waals surface area contributed by atoms with Crippen LogP contribution in [0.4, 0.5) is 10.1 Å². The second kappa shape index (κ2) is 3.65. The average Bonchev–Trinajstić information content (AvgIpc) is 2.24. The lowest BCUT2D eigenvalue weighted by Gasteiger charge is -2.05. The van der Waals surface area contributed by atoms with Crippen LogP contribution in [0.2, 0.25) is 0 Å². The maximum atomic E-state index is 12.7. The van der Waals surface area contributed by atoms with Gasteiger partial charge in [-0.05, 0) is 30.7 Å². The minimum Gasteiger partial charge on any atom is -0.397 e. The highest BCUT2D eigenvalue weighted by molar-refractivity contribution is 5.71. The summed E-state index contributed by atoms with van der Waals surface area (Å²) in [6, 6.07) is 4.72. The predicted octanol–water partition coefficient (Wildman–Crippen LogP) is 2.17. The molecule has 0 amide bonds. The van der Waals surface area contributed by atoms with Gasteiger partial charge in [0.2, 0.25) is 0 Å². The molecule has 0 radical (unpaired) electrons. The zero-order valence-electron chi connectivity index (χ0n) is 8.24. The number of nitrogens with zero attached hydrogens (tertiary/aromatic N) is 2. The molecule has 0 atom stereocenters. The van der Waals surface area contributed by atoms with Crippen molar-refractivity contribution in [3.8, 4) is 11.4 Å². The molecule has 3 nitrogen and oxygen atoms in total. The number of halogens is 1. The van der Waals surface area contributed by atoms with Crippen molar-refractivity contribution in [2.75, 3.05) is 5.73 Å². The molecule has 2 N–H and O–H groups in total. The van der Waals surface area contributed by atoms with Gasteiger partial charge in [-0.15, -0.1) is 0 Å². The Labute approximate surface area is 86.8 Å². The van der Waals surface area contributed by atoms with Gasteiger partial charge in [0.25, 0.3) is 0 Å². The maximum Gasteiger partial charge on any atom is 0.141 e. The Morgan fingerprint density at radius 1 is 1.20 bits per heavy atom. The summed E-state index contributed by atoms with van der Waals surface area (Å²) in [5.74, 6) is -0.370. The SMILES string of the molecule is Cc1ccnc(-c2ccc(F)cn2)c1N. The van der Waals surface area contributed by atoms with E-state index in [0.29, 0.717) is 17.1 Å². The van der Waals surface area contributed by atoms with E-state index >= 15 is 0 Å². The third-order valence-corrected chi connectivity index (χ3v) is 2.18. The predicted molar refractivity (Wildman–Crippen MR) is 56.6 cm³/mol. The summed E-state index contributed by atoms with van der Waals surface area (Å²) in [6.45, 7) is 1.89. The van der Waals surface area contributed by atoms with Crippen LogP contribution in [-0.4, -0.2) is 9.97 Å². The molecule has 2 aromatic rings. The van der Waals surface area contributed by atoms with Crippen LogP contribution in [0.15, 0.2) is 30.6 Å². The van der Waals surface area contributed by atoms with Crippen LogP contribution in [0.25, 0.3) is 11.4 Å². The van der Waals surface area contributed by atoms with E-state index in [2.05, 4.69) is 9.97 Å². The van der Waals surface area contributed by atoms with Gasteiger partial charge in [0.05, 0.1) is 17.6 Å². The Morgan fingerprint density at radius 3 is 2.67 bits per heavy atom. The van der Waals surface area contributed by atoms with Gasteiger partial charge < -0.3 is 5.73 Å². The summed E-state index contributed by atoms with van der Waals surface area (Å²) in [7, 11) is 0. The summed E-state index contributed by atoms with van der Waals surface area (Å²) in [5, 5.41) is 0. The molecule has 0 aliphatic heterocycles. The number of hydrogen-bond donors (Lipinski definition) is 1. The summed E-state index contributed by atoms with van der Waals surface area (Å²) >= 11 is 0. The standard InChI is InChI=1S/C11H10FN3/c1-7-4-5-14-11(10(7)13)9-3-2-8(12)6-15-9/h2-6H,13H2,1H3. The Bertz CT molecular complexity index is 480. The Kier molecular flexibility index (Phi) is 2.33. The minimum atomic E-state index is -0.370. The summed E-state index contributed by atoms with van der Waals surface area (Å²) in [4.78, 5) is 8.06. The highest BCUT2D eigenvalue weighted by atomic mass is 19.1. The van der Waals surface area contributed by atoms with Crippen LogP contribution < -0.4 is 5.73 Å². The smallest absolute Gasteiger partial charge is 0.141 e. The third-order valence-electron chi connectivity index (χ3n) is 2.18. The Balaban J connectivity index is 2.54. The highest BCUT2D eigenvalue weighted by Crippen LogP contribution is 2.23. The first-order valence-corrected chi connectivity index (χ1v) is 4.51. The van der Waals surface area contributed by atoms with Crippen molar-refractivity contribution in [3.63, 3.8) is 0 Å². The van der Waals surface area contributed by atoms with Crippen molar-refractivity contribution in [1.29, 1.82) is 0 Å². The van der Waals surface area contributed by atoms with Crippen LogP contribution in [0.5, 0.6) is 0 Å². The monoisotopic (exact) mass is 203 g/mol. The number of pyridine rings is 2. The fraction of sp³-hybridized carbons (Fsp3) is 0.0909. The van der Waals surface area contributed by atoms with Crippen LogP contribution >= 0.6 is 0 Å². The van der Waals surface area contributed by atoms with Crippen molar-refractivity contribution in [1.82, 2.24) is 9.97 Å². The quantitative estimate of drug-likeness (QED) is 0.772. The first-order valence-electron chi connectivity index (χ1n) is 4.51. The number of aromatic nitrogens is 2. The van der Waals surface area contributed by atoms with E-state index in [1.165, 1.54) is 6.07 Å². The Morgan fingerprint density at radius 2 is 2.00 bits per heavy atom. The van der Waals surface area contributed by atoms with Gasteiger partial charge in [0.1, 0.15) is 11.5 Å². The van der Waals surface area contributed by atoms with E-state index in [4.69, 9.17) is 5.73 Å². The number of nitrogens with two attached hydrogens (primary N) is 1. The molecule has 76 valence electrons. The summed E-state index contributed by atoms with van der Waals surface area (Å²) < 4.78 is 12.7. The summed E-state index contributed by atoms with van der Waals surface area (Å²) in [6.07, 6.45) is 2.81. The topological polar surface area (TPSA) is 51.8 Å². The van der Waals surface area contributed by atoms with Crippen LogP contribution in [0.1, 0.15) is 5.56 Å². The van der Waals surface area contributed by atoms with Crippen molar-refractivity contribution in [2.45, 2.75) is 6.92 Å². The largest absolute Gasteiger partial charge is 0.397 e. The van der Waals surface area contributed by atoms with E-state index in [0.717, 1.165) is 11.8 Å². The fourth-order valence-corrected chi connectivity index (χ4v) is 1.29. The van der Waals surface area contributed by atoms with Crippen molar-refractivity contribution in [3.05, 3.63) is 42.0 Å². The van der Waals surface area contributed by atoms with E-state index in [-0.39, 0.29) is 5.82 Å². The average molecular weight is 203 g/mol. The number of nitrogen functional groups attached to an aromatic ring is 1. The molecule has 2 rings (SSSR count). The molecule has 0 aromatic carbocycles. The van der Waals surface area contributed by atoms with E-state index in [9.17, 15) is 4.39 Å². The van der Waals surface area contributed by atoms with E-state index < -0.39 is 0 Å². The lowest BCUT2D eigenvalue weighted by molar-refractivity contribution is 0.622. The van der Waals surface area contributed by atoms with Crippen molar-refractivity contribution in [2.24, 2.45) is 0 Å². The molecule has 0 fully saturated rings. The third kappa shape index (κ3) is 1.79. The van der Waals surface area contributed by atoms with Crippen molar-refractivity contribution >= 4 is 5.69 Å². The molecule has 2 heterocycles. The normalized spacial score (nSPS) is 10.3. The molecule has 2 aromatic heterocycles. The van der Waals surface area contributed by atoms with E-state index in [1.807, 2.05) is 13.0 Å². The number of hydrogen-bond acceptors (Lipinski definition) is 3. The minimum absolute atomic E-state index is 0.370. The lowest BCUT2D eigenvalue weighted by atomic mass is 10.1. The summed E-state index contributed by atoms with van der Waals surface area (Å²) in [5.41, 5.74) is 8.55. The molecular weight excluding hydrogens is 193 g/mol. The molecule has 0 saturated heterocycles. The zero-order valence-corrected chi connectivity index (χ0v) is 8.24. The van der Waals surface area contributed by atoms with E-state index in [1.54, 1.807) is 12.3 Å². The van der Waals surface area contributed by atoms with Gasteiger partial charge in [-0.2, -0.15) is 0 Å². The van der Waals surface area contributed by atoms with Gasteiger partial charge in [-0.3, -0.25) is 9.97 Å². The second-order valence-corrected chi connectivity index (χ2v) is 3.25. The van der Waals surface area contributed by atoms with Gasteiger partial charge in [0.15, 0.2) is 0 Å².